The molecule has 6 nitrogen and oxygen atoms in total. The van der Waals surface area contributed by atoms with Gasteiger partial charge in [0.05, 0.1) is 0 Å². The molecule has 3 aliphatic rings. The Morgan fingerprint density at radius 2 is 1.80 bits per heavy atom. The number of likely N-dealkylation sites (tertiary alicyclic amines) is 2. The normalized spacial score (nSPS) is 26.7. The molecule has 2 atom stereocenters. The summed E-state index contributed by atoms with van der Waals surface area (Å²) in [6, 6.07) is 1.08. The van der Waals surface area contributed by atoms with E-state index in [1.165, 1.54) is 58.0 Å². The Balaban J connectivity index is 1.37. The minimum Gasteiger partial charge on any atom is -0.357 e. The molecule has 2 saturated heterocycles. The van der Waals surface area contributed by atoms with Gasteiger partial charge in [-0.15, -0.1) is 0 Å². The molecule has 1 amide bonds. The van der Waals surface area contributed by atoms with Crippen LogP contribution in [0.2, 0.25) is 0 Å². The van der Waals surface area contributed by atoms with Crippen LogP contribution in [0.4, 0.5) is 0 Å². The van der Waals surface area contributed by atoms with E-state index in [1.54, 1.807) is 0 Å². The first-order valence-corrected chi connectivity index (χ1v) is 12.7. The molecule has 2 unspecified atom stereocenters. The number of aliphatic imine (C=N–C) groups is 1. The highest BCUT2D eigenvalue weighted by molar-refractivity contribution is 5.81. The number of carbonyl (C=O) groups excluding carboxylic acids is 1. The molecule has 0 aromatic carbocycles. The summed E-state index contributed by atoms with van der Waals surface area (Å²) in [6.45, 7) is 10.4. The number of piperidine rings is 1. The second-order valence-electron chi connectivity index (χ2n) is 9.60. The minimum absolute atomic E-state index is 0.280. The Labute approximate surface area is 184 Å². The lowest BCUT2D eigenvalue weighted by Gasteiger charge is -2.33. The zero-order valence-corrected chi connectivity index (χ0v) is 19.5. The Hall–Kier alpha value is -1.30. The molecule has 1 saturated carbocycles. The van der Waals surface area contributed by atoms with Crippen molar-refractivity contribution >= 4 is 11.9 Å². The fourth-order valence-corrected chi connectivity index (χ4v) is 5.31. The van der Waals surface area contributed by atoms with Gasteiger partial charge in [-0.2, -0.15) is 0 Å². The lowest BCUT2D eigenvalue weighted by Crippen LogP contribution is -2.45. The Morgan fingerprint density at radius 1 is 1.00 bits per heavy atom. The number of amides is 1. The van der Waals surface area contributed by atoms with Crippen LogP contribution < -0.4 is 10.6 Å². The van der Waals surface area contributed by atoms with Crippen LogP contribution in [0.3, 0.4) is 0 Å². The molecule has 6 heteroatoms. The molecule has 0 aromatic rings. The van der Waals surface area contributed by atoms with Crippen LogP contribution in [0.25, 0.3) is 0 Å². The molecular formula is C24H45N5O. The molecule has 3 rings (SSSR count). The van der Waals surface area contributed by atoms with Crippen molar-refractivity contribution in [1.82, 2.24) is 20.4 Å². The van der Waals surface area contributed by atoms with Crippen molar-refractivity contribution in [2.45, 2.75) is 96.6 Å². The van der Waals surface area contributed by atoms with E-state index < -0.39 is 0 Å². The quantitative estimate of drug-likeness (QED) is 0.360. The van der Waals surface area contributed by atoms with Gasteiger partial charge in [0, 0.05) is 44.2 Å². The topological polar surface area (TPSA) is 60.0 Å². The zero-order chi connectivity index (χ0) is 21.2. The third kappa shape index (κ3) is 7.14. The van der Waals surface area contributed by atoms with Crippen LogP contribution in [-0.4, -0.2) is 73.0 Å². The largest absolute Gasteiger partial charge is 0.357 e. The summed E-state index contributed by atoms with van der Waals surface area (Å²) in [5.74, 6) is 1.59. The maximum absolute atomic E-state index is 12.8. The highest BCUT2D eigenvalue weighted by Gasteiger charge is 2.31. The summed E-state index contributed by atoms with van der Waals surface area (Å²) in [6.07, 6.45) is 13.4. The summed E-state index contributed by atoms with van der Waals surface area (Å²) in [5, 5.41) is 6.98. The van der Waals surface area contributed by atoms with Crippen LogP contribution in [0.15, 0.2) is 4.99 Å². The van der Waals surface area contributed by atoms with Crippen molar-refractivity contribution < 1.29 is 4.79 Å². The Kier molecular flexibility index (Phi) is 9.76. The molecule has 2 N–H and O–H groups in total. The molecule has 1 aliphatic carbocycles. The number of hydrogen-bond donors (Lipinski definition) is 2. The van der Waals surface area contributed by atoms with Gasteiger partial charge in [-0.05, 0) is 71.9 Å². The molecule has 0 aromatic heterocycles. The van der Waals surface area contributed by atoms with Crippen molar-refractivity contribution in [2.24, 2.45) is 10.9 Å². The first kappa shape index (κ1) is 23.4. The van der Waals surface area contributed by atoms with Gasteiger partial charge in [0.1, 0.15) is 0 Å². The van der Waals surface area contributed by atoms with Gasteiger partial charge in [0.25, 0.3) is 0 Å². The number of carbonyl (C=O) groups is 1. The van der Waals surface area contributed by atoms with Gasteiger partial charge in [-0.3, -0.25) is 9.79 Å². The lowest BCUT2D eigenvalue weighted by atomic mass is 9.88. The van der Waals surface area contributed by atoms with Crippen LogP contribution >= 0.6 is 0 Å². The van der Waals surface area contributed by atoms with Gasteiger partial charge in [0.2, 0.25) is 5.91 Å². The standard InChI is InChI=1S/C24H45N5O/c1-3-25-24(26-15-8-10-17-28-16-9-7-11-20(28)2)27-22-14-18-29(19-22)23(30)21-12-5-4-6-13-21/h20-22H,3-19H2,1-2H3,(H2,25,26,27). The smallest absolute Gasteiger partial charge is 0.225 e. The average molecular weight is 420 g/mol. The average Bonchev–Trinajstić information content (AvgIpc) is 3.23. The Bertz CT molecular complexity index is 546. The maximum atomic E-state index is 12.8. The summed E-state index contributed by atoms with van der Waals surface area (Å²) in [7, 11) is 0. The van der Waals surface area contributed by atoms with E-state index in [9.17, 15) is 4.79 Å². The van der Waals surface area contributed by atoms with Gasteiger partial charge < -0.3 is 20.4 Å². The number of nitrogens with one attached hydrogen (secondary N) is 2. The molecule has 30 heavy (non-hydrogen) atoms. The fourth-order valence-electron chi connectivity index (χ4n) is 5.31. The monoisotopic (exact) mass is 419 g/mol. The minimum atomic E-state index is 0.280. The lowest BCUT2D eigenvalue weighted by molar-refractivity contribution is -0.135. The van der Waals surface area contributed by atoms with Crippen molar-refractivity contribution in [1.29, 1.82) is 0 Å². The van der Waals surface area contributed by atoms with Crippen molar-refractivity contribution in [3.8, 4) is 0 Å². The number of guanidine groups is 1. The highest BCUT2D eigenvalue weighted by Crippen LogP contribution is 2.26. The molecule has 2 heterocycles. The third-order valence-corrected chi connectivity index (χ3v) is 7.20. The van der Waals surface area contributed by atoms with Crippen LogP contribution in [0, 0.1) is 5.92 Å². The molecule has 0 radical (unpaired) electrons. The fraction of sp³-hybridized carbons (Fsp3) is 0.917. The van der Waals surface area contributed by atoms with Crippen molar-refractivity contribution in [3.63, 3.8) is 0 Å². The number of hydrogen-bond acceptors (Lipinski definition) is 3. The van der Waals surface area contributed by atoms with Gasteiger partial charge in [-0.1, -0.05) is 25.7 Å². The summed E-state index contributed by atoms with van der Waals surface area (Å²) < 4.78 is 0. The van der Waals surface area contributed by atoms with Crippen molar-refractivity contribution in [3.05, 3.63) is 0 Å². The summed E-state index contributed by atoms with van der Waals surface area (Å²) in [4.78, 5) is 22.4. The first-order valence-electron chi connectivity index (χ1n) is 12.7. The summed E-state index contributed by atoms with van der Waals surface area (Å²) in [5.41, 5.74) is 0. The van der Waals surface area contributed by atoms with Crippen LogP contribution in [-0.2, 0) is 4.79 Å². The second kappa shape index (κ2) is 12.5. The predicted octanol–water partition coefficient (Wildman–Crippen LogP) is 3.38. The highest BCUT2D eigenvalue weighted by atomic mass is 16.2. The second-order valence-corrected chi connectivity index (χ2v) is 9.60. The van der Waals surface area contributed by atoms with Gasteiger partial charge in [-0.25, -0.2) is 0 Å². The molecule has 172 valence electrons. The van der Waals surface area contributed by atoms with Crippen LogP contribution in [0.5, 0.6) is 0 Å². The first-order chi connectivity index (χ1) is 14.7. The van der Waals surface area contributed by atoms with E-state index >= 15 is 0 Å². The predicted molar refractivity (Wildman–Crippen MR) is 125 cm³/mol. The molecular weight excluding hydrogens is 374 g/mol. The molecule has 3 fully saturated rings. The van der Waals surface area contributed by atoms with Crippen molar-refractivity contribution in [2.75, 3.05) is 39.3 Å². The number of rotatable bonds is 8. The Morgan fingerprint density at radius 3 is 2.57 bits per heavy atom. The number of nitrogens with zero attached hydrogens (tertiary/aromatic N) is 3. The van der Waals surface area contributed by atoms with E-state index in [4.69, 9.17) is 4.99 Å². The van der Waals surface area contributed by atoms with Gasteiger partial charge >= 0.3 is 0 Å². The third-order valence-electron chi connectivity index (χ3n) is 7.20. The molecule has 0 spiro atoms. The van der Waals surface area contributed by atoms with E-state index in [0.717, 1.165) is 63.9 Å². The van der Waals surface area contributed by atoms with E-state index in [0.29, 0.717) is 11.9 Å². The maximum Gasteiger partial charge on any atom is 0.225 e. The summed E-state index contributed by atoms with van der Waals surface area (Å²) >= 11 is 0. The van der Waals surface area contributed by atoms with E-state index in [1.807, 2.05) is 0 Å². The van der Waals surface area contributed by atoms with Crippen LogP contribution in [0.1, 0.15) is 84.5 Å². The number of unbranched alkanes of at least 4 members (excludes halogenated alkanes) is 1. The SMILES string of the molecule is CCNC(=NCCCCN1CCCCC1C)NC1CCN(C(=O)C2CCCCC2)C1. The van der Waals surface area contributed by atoms with Gasteiger partial charge in [0.15, 0.2) is 5.96 Å². The van der Waals surface area contributed by atoms with E-state index in [2.05, 4.69) is 34.3 Å². The molecule has 0 bridgehead atoms. The molecule has 2 aliphatic heterocycles. The van der Waals surface area contributed by atoms with E-state index in [-0.39, 0.29) is 5.92 Å². The zero-order valence-electron chi connectivity index (χ0n) is 19.5.